The lowest BCUT2D eigenvalue weighted by Crippen LogP contribution is -2.35. The van der Waals surface area contributed by atoms with Crippen molar-refractivity contribution in [1.82, 2.24) is 9.80 Å². The van der Waals surface area contributed by atoms with E-state index in [-0.39, 0.29) is 5.91 Å². The van der Waals surface area contributed by atoms with Gasteiger partial charge in [-0.3, -0.25) is 4.79 Å². The van der Waals surface area contributed by atoms with Gasteiger partial charge in [0.25, 0.3) is 0 Å². The molecule has 1 unspecified atom stereocenters. The zero-order chi connectivity index (χ0) is 10.8. The zero-order valence-electron chi connectivity index (χ0n) is 9.48. The van der Waals surface area contributed by atoms with Gasteiger partial charge in [0.05, 0.1) is 0 Å². The molecule has 0 aromatic carbocycles. The standard InChI is InChI=1S/C11H21N3O/c1-13(10-2-3-10)4-5-14-8-9(7-12)6-11(14)15/h9-10H,2-8,12H2,1H3. The molecule has 2 aliphatic rings. The number of nitrogens with zero attached hydrogens (tertiary/aromatic N) is 2. The molecular weight excluding hydrogens is 190 g/mol. The molecule has 0 aromatic heterocycles. The van der Waals surface area contributed by atoms with Gasteiger partial charge in [-0.05, 0) is 32.4 Å². The first-order valence-corrected chi connectivity index (χ1v) is 5.88. The summed E-state index contributed by atoms with van der Waals surface area (Å²) in [4.78, 5) is 15.9. The maximum absolute atomic E-state index is 11.6. The topological polar surface area (TPSA) is 49.6 Å². The largest absolute Gasteiger partial charge is 0.341 e. The highest BCUT2D eigenvalue weighted by Crippen LogP contribution is 2.25. The molecule has 2 N–H and O–H groups in total. The van der Waals surface area contributed by atoms with E-state index in [2.05, 4.69) is 11.9 Å². The van der Waals surface area contributed by atoms with Crippen LogP contribution in [0.4, 0.5) is 0 Å². The number of amides is 1. The zero-order valence-corrected chi connectivity index (χ0v) is 9.48. The highest BCUT2D eigenvalue weighted by atomic mass is 16.2. The number of carbonyl (C=O) groups excluding carboxylic acids is 1. The van der Waals surface area contributed by atoms with Gasteiger partial charge in [0.1, 0.15) is 0 Å². The van der Waals surface area contributed by atoms with Crippen LogP contribution in [0.25, 0.3) is 0 Å². The molecule has 86 valence electrons. The van der Waals surface area contributed by atoms with E-state index < -0.39 is 0 Å². The molecule has 1 atom stereocenters. The summed E-state index contributed by atoms with van der Waals surface area (Å²) < 4.78 is 0. The van der Waals surface area contributed by atoms with E-state index in [0.29, 0.717) is 18.9 Å². The minimum absolute atomic E-state index is 0.287. The number of nitrogens with two attached hydrogens (primary N) is 1. The van der Waals surface area contributed by atoms with Crippen LogP contribution in [-0.4, -0.2) is 55.0 Å². The van der Waals surface area contributed by atoms with Crippen LogP contribution in [0.15, 0.2) is 0 Å². The monoisotopic (exact) mass is 211 g/mol. The maximum atomic E-state index is 11.6. The molecule has 1 saturated carbocycles. The Bertz CT molecular complexity index is 240. The van der Waals surface area contributed by atoms with E-state index in [1.807, 2.05) is 4.90 Å². The fraction of sp³-hybridized carbons (Fsp3) is 0.909. The summed E-state index contributed by atoms with van der Waals surface area (Å²) in [5, 5.41) is 0. The number of likely N-dealkylation sites (tertiary alicyclic amines) is 1. The van der Waals surface area contributed by atoms with Crippen molar-refractivity contribution in [3.05, 3.63) is 0 Å². The van der Waals surface area contributed by atoms with Crippen LogP contribution in [0.1, 0.15) is 19.3 Å². The highest BCUT2D eigenvalue weighted by molar-refractivity contribution is 5.78. The van der Waals surface area contributed by atoms with Crippen LogP contribution in [0.3, 0.4) is 0 Å². The van der Waals surface area contributed by atoms with Crippen molar-refractivity contribution < 1.29 is 4.79 Å². The van der Waals surface area contributed by atoms with Gasteiger partial charge in [-0.25, -0.2) is 0 Å². The molecule has 1 heterocycles. The van der Waals surface area contributed by atoms with Gasteiger partial charge in [0, 0.05) is 32.1 Å². The molecule has 4 nitrogen and oxygen atoms in total. The third kappa shape index (κ3) is 2.69. The summed E-state index contributed by atoms with van der Waals surface area (Å²) in [5.41, 5.74) is 5.58. The third-order valence-corrected chi connectivity index (χ3v) is 3.52. The molecule has 2 rings (SSSR count). The summed E-state index contributed by atoms with van der Waals surface area (Å²) in [5.74, 6) is 0.679. The lowest BCUT2D eigenvalue weighted by atomic mass is 10.1. The number of hydrogen-bond donors (Lipinski definition) is 1. The Morgan fingerprint density at radius 3 is 2.80 bits per heavy atom. The van der Waals surface area contributed by atoms with Crippen molar-refractivity contribution in [3.8, 4) is 0 Å². The molecule has 4 heteroatoms. The molecular formula is C11H21N3O. The quantitative estimate of drug-likeness (QED) is 0.690. The Labute approximate surface area is 91.4 Å². The molecule has 0 aromatic rings. The Balaban J connectivity index is 1.72. The average Bonchev–Trinajstić information content (AvgIpc) is 3.00. The van der Waals surface area contributed by atoms with Crippen molar-refractivity contribution in [2.24, 2.45) is 11.7 Å². The van der Waals surface area contributed by atoms with Crippen molar-refractivity contribution in [3.63, 3.8) is 0 Å². The molecule has 2 fully saturated rings. The smallest absolute Gasteiger partial charge is 0.223 e. The van der Waals surface area contributed by atoms with Crippen molar-refractivity contribution in [2.75, 3.05) is 33.2 Å². The van der Waals surface area contributed by atoms with Gasteiger partial charge >= 0.3 is 0 Å². The maximum Gasteiger partial charge on any atom is 0.223 e. The first kappa shape index (κ1) is 10.9. The minimum atomic E-state index is 0.287. The second kappa shape index (κ2) is 4.49. The lowest BCUT2D eigenvalue weighted by Gasteiger charge is -2.21. The van der Waals surface area contributed by atoms with Crippen LogP contribution in [-0.2, 0) is 4.79 Å². The predicted molar refractivity (Wildman–Crippen MR) is 59.4 cm³/mol. The molecule has 1 aliphatic heterocycles. The van der Waals surface area contributed by atoms with Gasteiger partial charge < -0.3 is 15.5 Å². The average molecular weight is 211 g/mol. The van der Waals surface area contributed by atoms with E-state index in [1.165, 1.54) is 12.8 Å². The molecule has 0 spiro atoms. The van der Waals surface area contributed by atoms with Gasteiger partial charge in [0.2, 0.25) is 5.91 Å². The Morgan fingerprint density at radius 1 is 1.53 bits per heavy atom. The van der Waals surface area contributed by atoms with E-state index >= 15 is 0 Å². The van der Waals surface area contributed by atoms with Crippen LogP contribution >= 0.6 is 0 Å². The first-order chi connectivity index (χ1) is 7.20. The summed E-state index contributed by atoms with van der Waals surface area (Å²) >= 11 is 0. The molecule has 0 bridgehead atoms. The molecule has 0 radical (unpaired) electrons. The van der Waals surface area contributed by atoms with Crippen molar-refractivity contribution >= 4 is 5.91 Å². The van der Waals surface area contributed by atoms with Crippen molar-refractivity contribution in [1.29, 1.82) is 0 Å². The summed E-state index contributed by atoms with van der Waals surface area (Å²) in [6.45, 7) is 3.39. The van der Waals surface area contributed by atoms with Crippen LogP contribution in [0, 0.1) is 5.92 Å². The van der Waals surface area contributed by atoms with E-state index in [1.54, 1.807) is 0 Å². The summed E-state index contributed by atoms with van der Waals surface area (Å²) in [6.07, 6.45) is 3.31. The van der Waals surface area contributed by atoms with Crippen molar-refractivity contribution in [2.45, 2.75) is 25.3 Å². The normalized spacial score (nSPS) is 26.7. The second-order valence-corrected chi connectivity index (χ2v) is 4.86. The fourth-order valence-electron chi connectivity index (χ4n) is 2.20. The summed E-state index contributed by atoms with van der Waals surface area (Å²) in [7, 11) is 2.15. The van der Waals surface area contributed by atoms with E-state index in [0.717, 1.165) is 25.7 Å². The third-order valence-electron chi connectivity index (χ3n) is 3.52. The van der Waals surface area contributed by atoms with Crippen LogP contribution in [0.2, 0.25) is 0 Å². The Hall–Kier alpha value is -0.610. The van der Waals surface area contributed by atoms with Gasteiger partial charge in [-0.1, -0.05) is 0 Å². The van der Waals surface area contributed by atoms with E-state index in [9.17, 15) is 4.79 Å². The SMILES string of the molecule is CN(CCN1CC(CN)CC1=O)C1CC1. The second-order valence-electron chi connectivity index (χ2n) is 4.86. The molecule has 1 aliphatic carbocycles. The Kier molecular flexibility index (Phi) is 3.26. The molecule has 15 heavy (non-hydrogen) atoms. The number of hydrogen-bond acceptors (Lipinski definition) is 3. The van der Waals surface area contributed by atoms with Gasteiger partial charge in [-0.2, -0.15) is 0 Å². The number of rotatable bonds is 5. The van der Waals surface area contributed by atoms with Gasteiger partial charge in [-0.15, -0.1) is 0 Å². The summed E-state index contributed by atoms with van der Waals surface area (Å²) in [6, 6.07) is 0.785. The van der Waals surface area contributed by atoms with Crippen LogP contribution < -0.4 is 5.73 Å². The van der Waals surface area contributed by atoms with E-state index in [4.69, 9.17) is 5.73 Å². The minimum Gasteiger partial charge on any atom is -0.341 e. The first-order valence-electron chi connectivity index (χ1n) is 5.88. The fourth-order valence-corrected chi connectivity index (χ4v) is 2.20. The predicted octanol–water partition coefficient (Wildman–Crippen LogP) is -0.112. The Morgan fingerprint density at radius 2 is 2.27 bits per heavy atom. The number of likely N-dealkylation sites (N-methyl/N-ethyl adjacent to an activating group) is 1. The molecule has 1 saturated heterocycles. The van der Waals surface area contributed by atoms with Gasteiger partial charge in [0.15, 0.2) is 0 Å². The lowest BCUT2D eigenvalue weighted by molar-refractivity contribution is -0.127. The number of carbonyl (C=O) groups is 1. The highest BCUT2D eigenvalue weighted by Gasteiger charge is 2.30. The molecule has 1 amide bonds. The van der Waals surface area contributed by atoms with Crippen LogP contribution in [0.5, 0.6) is 0 Å².